The van der Waals surface area contributed by atoms with E-state index in [2.05, 4.69) is 17.2 Å². The number of hydrogen-bond acceptors (Lipinski definition) is 3. The summed E-state index contributed by atoms with van der Waals surface area (Å²) in [5, 5.41) is 2.82. The molecule has 102 valence electrons. The van der Waals surface area contributed by atoms with Crippen LogP contribution in [0.1, 0.15) is 18.9 Å². The topological polar surface area (TPSA) is 58.6 Å². The van der Waals surface area contributed by atoms with Crippen molar-refractivity contribution in [3.8, 4) is 17.6 Å². The van der Waals surface area contributed by atoms with Crippen molar-refractivity contribution in [1.29, 1.82) is 0 Å². The second kappa shape index (κ2) is 4.57. The summed E-state index contributed by atoms with van der Waals surface area (Å²) in [6.45, 7) is 2.19. The molecule has 2 aliphatic heterocycles. The van der Waals surface area contributed by atoms with Crippen LogP contribution in [0.15, 0.2) is 24.3 Å². The number of nitrogens with one attached hydrogen (secondary N) is 1. The van der Waals surface area contributed by atoms with E-state index in [-0.39, 0.29) is 12.5 Å². The zero-order chi connectivity index (χ0) is 14.2. The van der Waals surface area contributed by atoms with Crippen LogP contribution in [0.5, 0.6) is 5.75 Å². The van der Waals surface area contributed by atoms with Crippen molar-refractivity contribution < 1.29 is 14.3 Å². The lowest BCUT2D eigenvalue weighted by Crippen LogP contribution is -2.47. The van der Waals surface area contributed by atoms with Crippen molar-refractivity contribution in [1.82, 2.24) is 10.2 Å². The van der Waals surface area contributed by atoms with Gasteiger partial charge < -0.3 is 10.1 Å². The summed E-state index contributed by atoms with van der Waals surface area (Å²) in [7, 11) is 0. The van der Waals surface area contributed by atoms with Gasteiger partial charge in [0.1, 0.15) is 5.75 Å². The first kappa shape index (κ1) is 12.5. The van der Waals surface area contributed by atoms with Gasteiger partial charge in [0.15, 0.2) is 5.54 Å². The van der Waals surface area contributed by atoms with Crippen molar-refractivity contribution in [2.75, 3.05) is 13.2 Å². The fraction of sp³-hybridized carbons (Fsp3) is 0.333. The van der Waals surface area contributed by atoms with Gasteiger partial charge in [0.25, 0.3) is 5.91 Å². The second-order valence-corrected chi connectivity index (χ2v) is 4.75. The van der Waals surface area contributed by atoms with Gasteiger partial charge in [0, 0.05) is 12.0 Å². The number of para-hydroxylation sites is 1. The minimum atomic E-state index is -0.999. The third-order valence-electron chi connectivity index (χ3n) is 3.67. The Kier molecular flexibility index (Phi) is 2.87. The lowest BCUT2D eigenvalue weighted by Gasteiger charge is -2.32. The monoisotopic (exact) mass is 270 g/mol. The number of imide groups is 1. The molecular formula is C15H14N2O3. The highest BCUT2D eigenvalue weighted by Gasteiger charge is 2.54. The number of nitrogens with zero attached hydrogens (tertiary/aromatic N) is 1. The molecule has 1 N–H and O–H groups in total. The van der Waals surface area contributed by atoms with Gasteiger partial charge in [0.2, 0.25) is 0 Å². The van der Waals surface area contributed by atoms with Gasteiger partial charge >= 0.3 is 6.03 Å². The molecule has 0 aliphatic carbocycles. The van der Waals surface area contributed by atoms with E-state index in [9.17, 15) is 9.59 Å². The molecule has 1 aromatic carbocycles. The van der Waals surface area contributed by atoms with Crippen molar-refractivity contribution >= 4 is 11.9 Å². The lowest BCUT2D eigenvalue weighted by molar-refractivity contribution is -0.132. The Bertz CT molecular complexity index is 644. The molecule has 1 saturated heterocycles. The Morgan fingerprint density at radius 1 is 1.40 bits per heavy atom. The van der Waals surface area contributed by atoms with E-state index >= 15 is 0 Å². The minimum Gasteiger partial charge on any atom is -0.493 e. The number of hydrogen-bond donors (Lipinski definition) is 1. The fourth-order valence-electron chi connectivity index (χ4n) is 2.67. The van der Waals surface area contributed by atoms with Crippen LogP contribution >= 0.6 is 0 Å². The molecule has 1 spiro atoms. The Balaban J connectivity index is 2.04. The third-order valence-corrected chi connectivity index (χ3v) is 3.67. The van der Waals surface area contributed by atoms with Crippen molar-refractivity contribution in [2.45, 2.75) is 18.9 Å². The Labute approximate surface area is 116 Å². The zero-order valence-corrected chi connectivity index (χ0v) is 11.1. The maximum absolute atomic E-state index is 12.7. The Morgan fingerprint density at radius 2 is 2.20 bits per heavy atom. The molecule has 0 aromatic heterocycles. The smallest absolute Gasteiger partial charge is 0.326 e. The lowest BCUT2D eigenvalue weighted by atomic mass is 9.84. The largest absolute Gasteiger partial charge is 0.493 e. The van der Waals surface area contributed by atoms with Gasteiger partial charge in [-0.3, -0.25) is 9.69 Å². The molecule has 0 saturated carbocycles. The van der Waals surface area contributed by atoms with Gasteiger partial charge in [0.05, 0.1) is 13.2 Å². The molecule has 20 heavy (non-hydrogen) atoms. The van der Waals surface area contributed by atoms with Crippen LogP contribution in [0.2, 0.25) is 0 Å². The van der Waals surface area contributed by atoms with Crippen LogP contribution in [0.3, 0.4) is 0 Å². The Hall–Kier alpha value is -2.48. The van der Waals surface area contributed by atoms with Gasteiger partial charge in [-0.25, -0.2) is 4.79 Å². The van der Waals surface area contributed by atoms with Crippen LogP contribution in [0, 0.1) is 11.8 Å². The van der Waals surface area contributed by atoms with Crippen LogP contribution in [0.4, 0.5) is 4.79 Å². The first-order chi connectivity index (χ1) is 9.69. The van der Waals surface area contributed by atoms with E-state index in [1.165, 1.54) is 4.90 Å². The van der Waals surface area contributed by atoms with E-state index in [4.69, 9.17) is 4.74 Å². The minimum absolute atomic E-state index is 0.117. The predicted molar refractivity (Wildman–Crippen MR) is 71.9 cm³/mol. The number of carbonyl (C=O) groups excluding carboxylic acids is 2. The molecule has 3 rings (SSSR count). The highest BCUT2D eigenvalue weighted by atomic mass is 16.5. The summed E-state index contributed by atoms with van der Waals surface area (Å²) in [5.74, 6) is 5.86. The third kappa shape index (κ3) is 1.65. The number of benzene rings is 1. The number of urea groups is 1. The maximum atomic E-state index is 12.7. The van der Waals surface area contributed by atoms with Gasteiger partial charge in [-0.1, -0.05) is 24.1 Å². The standard InChI is InChI=1S/C15H14N2O3/c1-2-3-9-17-13(18)15(16-14(17)19)8-10-20-12-7-5-4-6-11(12)15/h4-7H,8-10H2,1H3,(H,16,19). The summed E-state index contributed by atoms with van der Waals surface area (Å²) >= 11 is 0. The van der Waals surface area contributed by atoms with E-state index in [1.54, 1.807) is 6.92 Å². The molecule has 1 aromatic rings. The van der Waals surface area contributed by atoms with E-state index < -0.39 is 11.6 Å². The van der Waals surface area contributed by atoms with Crippen LogP contribution < -0.4 is 10.1 Å². The molecule has 1 fully saturated rings. The SMILES string of the molecule is CC#CCN1C(=O)NC2(CCOc3ccccc32)C1=O. The quantitative estimate of drug-likeness (QED) is 0.617. The predicted octanol–water partition coefficient (Wildman–Crippen LogP) is 1.24. The Morgan fingerprint density at radius 3 is 3.00 bits per heavy atom. The summed E-state index contributed by atoms with van der Waals surface area (Å²) < 4.78 is 5.56. The van der Waals surface area contributed by atoms with Gasteiger partial charge in [-0.05, 0) is 13.0 Å². The first-order valence-corrected chi connectivity index (χ1v) is 6.45. The molecule has 0 radical (unpaired) electrons. The molecule has 3 amide bonds. The molecular weight excluding hydrogens is 256 g/mol. The normalized spacial score (nSPS) is 23.8. The summed E-state index contributed by atoms with van der Waals surface area (Å²) in [6, 6.07) is 6.92. The van der Waals surface area contributed by atoms with Gasteiger partial charge in [-0.2, -0.15) is 0 Å². The molecule has 5 nitrogen and oxygen atoms in total. The molecule has 0 bridgehead atoms. The number of ether oxygens (including phenoxy) is 1. The number of amides is 3. The van der Waals surface area contributed by atoms with Crippen LogP contribution in [0.25, 0.3) is 0 Å². The summed E-state index contributed by atoms with van der Waals surface area (Å²) in [4.78, 5) is 25.9. The molecule has 1 unspecified atom stereocenters. The fourth-order valence-corrected chi connectivity index (χ4v) is 2.67. The van der Waals surface area contributed by atoms with Crippen molar-refractivity contribution in [3.63, 3.8) is 0 Å². The molecule has 1 atom stereocenters. The average Bonchev–Trinajstić information content (AvgIpc) is 2.69. The van der Waals surface area contributed by atoms with E-state index in [0.717, 1.165) is 5.56 Å². The summed E-state index contributed by atoms with van der Waals surface area (Å²) in [5.41, 5.74) is -0.280. The molecule has 5 heteroatoms. The van der Waals surface area contributed by atoms with Gasteiger partial charge in [-0.15, -0.1) is 5.92 Å². The number of fused-ring (bicyclic) bond motifs is 2. The average molecular weight is 270 g/mol. The van der Waals surface area contributed by atoms with E-state index in [0.29, 0.717) is 18.8 Å². The maximum Gasteiger partial charge on any atom is 0.326 e. The molecule has 2 heterocycles. The zero-order valence-electron chi connectivity index (χ0n) is 11.1. The summed E-state index contributed by atoms with van der Waals surface area (Å²) in [6.07, 6.45) is 0.435. The van der Waals surface area contributed by atoms with Crippen LogP contribution in [-0.2, 0) is 10.3 Å². The van der Waals surface area contributed by atoms with Crippen molar-refractivity contribution in [2.24, 2.45) is 0 Å². The van der Waals surface area contributed by atoms with Crippen molar-refractivity contribution in [3.05, 3.63) is 29.8 Å². The number of carbonyl (C=O) groups is 2. The highest BCUT2D eigenvalue weighted by molar-refractivity contribution is 6.08. The van der Waals surface area contributed by atoms with E-state index in [1.807, 2.05) is 24.3 Å². The molecule has 2 aliphatic rings. The number of rotatable bonds is 1. The van der Waals surface area contributed by atoms with Crippen LogP contribution in [-0.4, -0.2) is 30.0 Å². The second-order valence-electron chi connectivity index (χ2n) is 4.75. The highest BCUT2D eigenvalue weighted by Crippen LogP contribution is 2.40. The first-order valence-electron chi connectivity index (χ1n) is 6.45.